The fourth-order valence-corrected chi connectivity index (χ4v) is 3.26. The molecule has 2 unspecified atom stereocenters. The quantitative estimate of drug-likeness (QED) is 0.870. The van der Waals surface area contributed by atoms with E-state index in [0.717, 1.165) is 38.1 Å². The molecule has 0 saturated carbocycles. The topological polar surface area (TPSA) is 47.0 Å². The molecule has 21 heavy (non-hydrogen) atoms. The monoisotopic (exact) mass is 291 g/mol. The maximum Gasteiger partial charge on any atom is 0.157 e. The zero-order chi connectivity index (χ0) is 15.5. The minimum Gasteiger partial charge on any atom is -0.373 e. The molecule has 1 aromatic rings. The molecule has 0 bridgehead atoms. The second-order valence-electron chi connectivity index (χ2n) is 6.80. The van der Waals surface area contributed by atoms with Crippen LogP contribution in [-0.2, 0) is 11.2 Å². The molecular formula is C17H29N3O. The van der Waals surface area contributed by atoms with Crippen LogP contribution in [0.4, 0.5) is 0 Å². The summed E-state index contributed by atoms with van der Waals surface area (Å²) in [6.07, 6.45) is 6.23. The first kappa shape index (κ1) is 16.4. The summed E-state index contributed by atoms with van der Waals surface area (Å²) in [6.45, 7) is 9.93. The van der Waals surface area contributed by atoms with Crippen LogP contribution in [0.25, 0.3) is 0 Å². The number of aromatic nitrogens is 2. The summed E-state index contributed by atoms with van der Waals surface area (Å²) in [6, 6.07) is 0.370. The number of hydrogen-bond donors (Lipinski definition) is 1. The molecule has 4 heteroatoms. The van der Waals surface area contributed by atoms with Gasteiger partial charge in [0.25, 0.3) is 0 Å². The standard InChI is InChI=1S/C17H29N3O/c1-6-8-15(21-5)16-19-11-12-13(18-7-2)9-17(3,4)10-14(12)20-16/h11,13,15,18H,6-10H2,1-5H3. The summed E-state index contributed by atoms with van der Waals surface area (Å²) in [7, 11) is 1.74. The molecule has 4 nitrogen and oxygen atoms in total. The van der Waals surface area contributed by atoms with Gasteiger partial charge in [0.1, 0.15) is 6.10 Å². The van der Waals surface area contributed by atoms with E-state index in [0.29, 0.717) is 6.04 Å². The Morgan fingerprint density at radius 2 is 2.19 bits per heavy atom. The van der Waals surface area contributed by atoms with E-state index in [4.69, 9.17) is 9.72 Å². The molecule has 2 atom stereocenters. The van der Waals surface area contributed by atoms with Crippen LogP contribution in [0.1, 0.15) is 76.2 Å². The van der Waals surface area contributed by atoms with Gasteiger partial charge in [0.05, 0.1) is 0 Å². The minimum atomic E-state index is 0.0166. The van der Waals surface area contributed by atoms with Gasteiger partial charge in [-0.3, -0.25) is 0 Å². The molecule has 118 valence electrons. The van der Waals surface area contributed by atoms with Crippen LogP contribution in [0.3, 0.4) is 0 Å². The number of nitrogens with one attached hydrogen (secondary N) is 1. The Balaban J connectivity index is 2.33. The molecule has 1 aliphatic rings. The van der Waals surface area contributed by atoms with Gasteiger partial charge >= 0.3 is 0 Å². The van der Waals surface area contributed by atoms with Crippen LogP contribution in [0, 0.1) is 5.41 Å². The molecule has 0 aliphatic heterocycles. The van der Waals surface area contributed by atoms with Gasteiger partial charge in [-0.2, -0.15) is 0 Å². The molecule has 1 heterocycles. The first-order valence-corrected chi connectivity index (χ1v) is 8.12. The molecular weight excluding hydrogens is 262 g/mol. The predicted octanol–water partition coefficient (Wildman–Crippen LogP) is 3.59. The summed E-state index contributed by atoms with van der Waals surface area (Å²) in [4.78, 5) is 9.44. The van der Waals surface area contributed by atoms with Crippen molar-refractivity contribution in [3.8, 4) is 0 Å². The Kier molecular flexibility index (Phi) is 5.33. The fraction of sp³-hybridized carbons (Fsp3) is 0.765. The van der Waals surface area contributed by atoms with Crippen molar-refractivity contribution in [3.05, 3.63) is 23.3 Å². The van der Waals surface area contributed by atoms with Gasteiger partial charge in [-0.25, -0.2) is 9.97 Å². The van der Waals surface area contributed by atoms with Crippen LogP contribution in [0.2, 0.25) is 0 Å². The summed E-state index contributed by atoms with van der Waals surface area (Å²) in [5, 5.41) is 3.57. The molecule has 0 saturated heterocycles. The average molecular weight is 291 g/mol. The summed E-state index contributed by atoms with van der Waals surface area (Å²) in [5.74, 6) is 0.839. The number of methoxy groups -OCH3 is 1. The van der Waals surface area contributed by atoms with Crippen molar-refractivity contribution in [2.75, 3.05) is 13.7 Å². The Bertz CT molecular complexity index is 473. The largest absolute Gasteiger partial charge is 0.373 e. The smallest absolute Gasteiger partial charge is 0.157 e. The third-order valence-electron chi connectivity index (χ3n) is 4.27. The number of hydrogen-bond acceptors (Lipinski definition) is 4. The van der Waals surface area contributed by atoms with E-state index < -0.39 is 0 Å². The highest BCUT2D eigenvalue weighted by atomic mass is 16.5. The lowest BCUT2D eigenvalue weighted by Gasteiger charge is -2.36. The number of fused-ring (bicyclic) bond motifs is 1. The number of rotatable bonds is 6. The third-order valence-corrected chi connectivity index (χ3v) is 4.27. The third kappa shape index (κ3) is 3.80. The predicted molar refractivity (Wildman–Crippen MR) is 85.2 cm³/mol. The average Bonchev–Trinajstić information content (AvgIpc) is 2.43. The van der Waals surface area contributed by atoms with Crippen molar-refractivity contribution < 1.29 is 4.74 Å². The summed E-state index contributed by atoms with van der Waals surface area (Å²) >= 11 is 0. The molecule has 0 amide bonds. The number of ether oxygens (including phenoxy) is 1. The van der Waals surface area contributed by atoms with Crippen molar-refractivity contribution in [3.63, 3.8) is 0 Å². The molecule has 2 rings (SSSR count). The van der Waals surface area contributed by atoms with E-state index in [1.165, 1.54) is 11.3 Å². The lowest BCUT2D eigenvalue weighted by molar-refractivity contribution is 0.0869. The zero-order valence-corrected chi connectivity index (χ0v) is 14.1. The number of nitrogens with zero attached hydrogens (tertiary/aromatic N) is 2. The molecule has 0 radical (unpaired) electrons. The molecule has 1 aromatic heterocycles. The van der Waals surface area contributed by atoms with Gasteiger partial charge in [0, 0.05) is 30.6 Å². The van der Waals surface area contributed by atoms with E-state index in [-0.39, 0.29) is 11.5 Å². The van der Waals surface area contributed by atoms with E-state index >= 15 is 0 Å². The van der Waals surface area contributed by atoms with Crippen molar-refractivity contribution in [2.24, 2.45) is 5.41 Å². The van der Waals surface area contributed by atoms with Crippen LogP contribution in [-0.4, -0.2) is 23.6 Å². The summed E-state index contributed by atoms with van der Waals surface area (Å²) < 4.78 is 5.55. The second kappa shape index (κ2) is 6.84. The Morgan fingerprint density at radius 3 is 2.81 bits per heavy atom. The SMILES string of the molecule is CCCC(OC)c1ncc2c(n1)CC(C)(C)CC2NCC. The maximum atomic E-state index is 5.55. The van der Waals surface area contributed by atoms with Crippen molar-refractivity contribution in [1.29, 1.82) is 0 Å². The molecule has 0 spiro atoms. The van der Waals surface area contributed by atoms with Crippen LogP contribution in [0.5, 0.6) is 0 Å². The Labute approximate surface area is 128 Å². The highest BCUT2D eigenvalue weighted by Crippen LogP contribution is 2.40. The first-order valence-electron chi connectivity index (χ1n) is 8.12. The van der Waals surface area contributed by atoms with Crippen molar-refractivity contribution in [2.45, 2.75) is 65.5 Å². The highest BCUT2D eigenvalue weighted by molar-refractivity contribution is 5.27. The molecule has 0 aromatic carbocycles. The van der Waals surface area contributed by atoms with Gasteiger partial charge in [-0.1, -0.05) is 34.1 Å². The van der Waals surface area contributed by atoms with Crippen molar-refractivity contribution in [1.82, 2.24) is 15.3 Å². The molecule has 1 aliphatic carbocycles. The Morgan fingerprint density at radius 1 is 1.43 bits per heavy atom. The lowest BCUT2D eigenvalue weighted by atomic mass is 9.74. The lowest BCUT2D eigenvalue weighted by Crippen LogP contribution is -2.34. The van der Waals surface area contributed by atoms with E-state index in [9.17, 15) is 0 Å². The van der Waals surface area contributed by atoms with E-state index in [1.54, 1.807) is 7.11 Å². The van der Waals surface area contributed by atoms with Crippen molar-refractivity contribution >= 4 is 0 Å². The minimum absolute atomic E-state index is 0.0166. The molecule has 1 N–H and O–H groups in total. The van der Waals surface area contributed by atoms with Gasteiger partial charge in [-0.15, -0.1) is 0 Å². The van der Waals surface area contributed by atoms with E-state index in [1.807, 2.05) is 6.20 Å². The highest BCUT2D eigenvalue weighted by Gasteiger charge is 2.33. The van der Waals surface area contributed by atoms with Gasteiger partial charge in [0.15, 0.2) is 5.82 Å². The second-order valence-corrected chi connectivity index (χ2v) is 6.80. The van der Waals surface area contributed by atoms with E-state index in [2.05, 4.69) is 38.0 Å². The van der Waals surface area contributed by atoms with Gasteiger partial charge in [0.2, 0.25) is 0 Å². The Hall–Kier alpha value is -1.00. The normalized spacial score (nSPS) is 21.9. The first-order chi connectivity index (χ1) is 10.0. The summed E-state index contributed by atoms with van der Waals surface area (Å²) in [5.41, 5.74) is 2.74. The van der Waals surface area contributed by atoms with Gasteiger partial charge in [-0.05, 0) is 31.2 Å². The zero-order valence-electron chi connectivity index (χ0n) is 14.1. The van der Waals surface area contributed by atoms with Crippen LogP contribution in [0.15, 0.2) is 6.20 Å². The molecule has 0 fully saturated rings. The van der Waals surface area contributed by atoms with Crippen LogP contribution < -0.4 is 5.32 Å². The van der Waals surface area contributed by atoms with Crippen LogP contribution >= 0.6 is 0 Å². The maximum absolute atomic E-state index is 5.55. The fourth-order valence-electron chi connectivity index (χ4n) is 3.26. The van der Waals surface area contributed by atoms with Gasteiger partial charge < -0.3 is 10.1 Å².